The molecule has 0 spiro atoms. The van der Waals surface area contributed by atoms with Crippen molar-refractivity contribution in [3.63, 3.8) is 0 Å². The van der Waals surface area contributed by atoms with E-state index in [1.54, 1.807) is 0 Å². The normalized spacial score (nSPS) is 12.8. The molecule has 0 N–H and O–H groups in total. The van der Waals surface area contributed by atoms with E-state index >= 15 is 0 Å². The zero-order chi connectivity index (χ0) is 56.8. The van der Waals surface area contributed by atoms with Crippen molar-refractivity contribution in [3.05, 3.63) is 272 Å². The van der Waals surface area contributed by atoms with Gasteiger partial charge in [0.2, 0.25) is 0 Å². The SMILES string of the molecule is CC(C)(C)c1ccc2c(c1)c1cc(C(C)(C)C)ccc1n2-c1c(-c2cccc(-c3ccc4c5c3N(c3ccccc3)c3ccccc3B5c3ccccc3N4c3ccccc3)c2)cccc1-c1nc(-c2ccccc2)nc(-c2ccccc2)n1. The van der Waals surface area contributed by atoms with E-state index in [1.165, 1.54) is 61.0 Å². The van der Waals surface area contributed by atoms with Crippen molar-refractivity contribution in [2.24, 2.45) is 0 Å². The van der Waals surface area contributed by atoms with Crippen molar-refractivity contribution in [1.29, 1.82) is 0 Å². The summed E-state index contributed by atoms with van der Waals surface area (Å²) in [5, 5.41) is 2.41. The fraction of sp³-hybridized carbons (Fsp3) is 0.104. The minimum atomic E-state index is -0.0717. The van der Waals surface area contributed by atoms with E-state index in [9.17, 15) is 0 Å². The topological polar surface area (TPSA) is 50.1 Å². The molecule has 7 heteroatoms. The van der Waals surface area contributed by atoms with E-state index in [4.69, 9.17) is 15.0 Å². The lowest BCUT2D eigenvalue weighted by Gasteiger charge is -2.45. The van der Waals surface area contributed by atoms with Gasteiger partial charge in [0, 0.05) is 67.0 Å². The van der Waals surface area contributed by atoms with Crippen LogP contribution in [-0.4, -0.2) is 26.2 Å². The average Bonchev–Trinajstić information content (AvgIpc) is 2.52. The summed E-state index contributed by atoms with van der Waals surface area (Å²) in [7, 11) is 0. The summed E-state index contributed by atoms with van der Waals surface area (Å²) in [6.07, 6.45) is 0. The van der Waals surface area contributed by atoms with Gasteiger partial charge in [-0.2, -0.15) is 0 Å². The fourth-order valence-electron chi connectivity index (χ4n) is 13.0. The molecule has 0 amide bonds. The van der Waals surface area contributed by atoms with E-state index in [0.717, 1.165) is 67.0 Å². The summed E-state index contributed by atoms with van der Waals surface area (Å²) < 4.78 is 2.49. The Balaban J connectivity index is 1.02. The van der Waals surface area contributed by atoms with Crippen LogP contribution in [0.3, 0.4) is 0 Å². The van der Waals surface area contributed by atoms with Gasteiger partial charge in [-0.15, -0.1) is 0 Å². The number of aromatic nitrogens is 4. The van der Waals surface area contributed by atoms with Crippen LogP contribution in [0, 0.1) is 0 Å². The molecule has 6 nitrogen and oxygen atoms in total. The van der Waals surface area contributed by atoms with Crippen molar-refractivity contribution in [2.45, 2.75) is 52.4 Å². The average molecular weight is 1080 g/mol. The van der Waals surface area contributed by atoms with Crippen molar-refractivity contribution in [3.8, 4) is 62.1 Å². The number of para-hydroxylation sites is 5. The second-order valence-electron chi connectivity index (χ2n) is 24.4. The molecular weight excluding hydrogens is 1020 g/mol. The number of rotatable bonds is 8. The van der Waals surface area contributed by atoms with Crippen molar-refractivity contribution < 1.29 is 0 Å². The number of fused-ring (bicyclic) bond motifs is 7. The second-order valence-corrected chi connectivity index (χ2v) is 24.4. The van der Waals surface area contributed by atoms with E-state index in [1.807, 2.05) is 36.4 Å². The first-order chi connectivity index (χ1) is 41.0. The Hall–Kier alpha value is -10.1. The van der Waals surface area contributed by atoms with Crippen LogP contribution in [-0.2, 0) is 10.8 Å². The summed E-state index contributed by atoms with van der Waals surface area (Å²) in [6.45, 7) is 13.8. The van der Waals surface area contributed by atoms with Crippen LogP contribution < -0.4 is 26.2 Å². The number of hydrogen-bond donors (Lipinski definition) is 0. The van der Waals surface area contributed by atoms with Gasteiger partial charge in [-0.1, -0.05) is 224 Å². The first-order valence-corrected chi connectivity index (χ1v) is 29.2. The lowest BCUT2D eigenvalue weighted by atomic mass is 9.33. The van der Waals surface area contributed by atoms with Crippen LogP contribution in [0.2, 0.25) is 0 Å². The van der Waals surface area contributed by atoms with E-state index < -0.39 is 0 Å². The van der Waals surface area contributed by atoms with Crippen LogP contribution in [0.25, 0.3) is 83.9 Å². The van der Waals surface area contributed by atoms with Gasteiger partial charge in [0.1, 0.15) is 0 Å². The van der Waals surface area contributed by atoms with Crippen molar-refractivity contribution in [2.75, 3.05) is 9.80 Å². The van der Waals surface area contributed by atoms with Gasteiger partial charge in [-0.05, 0) is 128 Å². The van der Waals surface area contributed by atoms with Gasteiger partial charge in [-0.3, -0.25) is 0 Å². The van der Waals surface area contributed by atoms with Gasteiger partial charge in [0.05, 0.1) is 22.4 Å². The lowest BCUT2D eigenvalue weighted by molar-refractivity contribution is 0.590. The highest BCUT2D eigenvalue weighted by Gasteiger charge is 2.44. The van der Waals surface area contributed by atoms with Gasteiger partial charge < -0.3 is 14.4 Å². The molecule has 0 fully saturated rings. The standard InChI is InChI=1S/C77H61BN6/c1-76(2,3)54-41-44-65-61(48-54)62-49-55(77(4,5)6)42-45-66(62)84(65)71-58(35-24-36-60(71)75-80-73(50-25-11-7-12-26-50)79-74(81-75)51-27-13-8-14-28-51)52-29-23-30-53(47-52)59-43-46-69-70-72(59)83(57-33-17-10-18-34-57)68-40-22-20-38-64(68)78(70)63-37-19-21-39-67(63)82(69)56-31-15-9-16-32-56/h7-49H,1-6H3. The Labute approximate surface area is 492 Å². The van der Waals surface area contributed by atoms with E-state index in [0.29, 0.717) is 17.5 Å². The third kappa shape index (κ3) is 8.44. The van der Waals surface area contributed by atoms with Crippen LogP contribution in [0.5, 0.6) is 0 Å². The first-order valence-electron chi connectivity index (χ1n) is 29.2. The fourth-order valence-corrected chi connectivity index (χ4v) is 13.0. The summed E-state index contributed by atoms with van der Waals surface area (Å²) in [4.78, 5) is 21.1. The van der Waals surface area contributed by atoms with Crippen LogP contribution >= 0.6 is 0 Å². The zero-order valence-corrected chi connectivity index (χ0v) is 48.1. The number of nitrogens with zero attached hydrogens (tertiary/aromatic N) is 6. The maximum absolute atomic E-state index is 5.45. The Morgan fingerprint density at radius 2 is 0.750 bits per heavy atom. The molecule has 2 aromatic heterocycles. The van der Waals surface area contributed by atoms with Crippen LogP contribution in [0.4, 0.5) is 34.1 Å². The first kappa shape index (κ1) is 50.8. The molecule has 11 aromatic carbocycles. The Bertz CT molecular complexity index is 4550. The molecule has 2 aliphatic rings. The maximum atomic E-state index is 5.45. The van der Waals surface area contributed by atoms with Gasteiger partial charge in [0.15, 0.2) is 17.5 Å². The molecule has 0 saturated heterocycles. The minimum absolute atomic E-state index is 0.0245. The van der Waals surface area contributed by atoms with Gasteiger partial charge in [-0.25, -0.2) is 15.0 Å². The highest BCUT2D eigenvalue weighted by Crippen LogP contribution is 2.49. The summed E-state index contributed by atoms with van der Waals surface area (Å²) in [5.41, 5.74) is 23.5. The molecule has 402 valence electrons. The van der Waals surface area contributed by atoms with Crippen molar-refractivity contribution in [1.82, 2.24) is 19.5 Å². The largest absolute Gasteiger partial charge is 0.311 e. The molecule has 2 aliphatic heterocycles. The van der Waals surface area contributed by atoms with E-state index in [-0.39, 0.29) is 17.5 Å². The molecule has 4 heterocycles. The summed E-state index contributed by atoms with van der Waals surface area (Å²) in [5.74, 6) is 1.82. The Morgan fingerprint density at radius 1 is 0.321 bits per heavy atom. The molecule has 0 bridgehead atoms. The molecule has 0 saturated carbocycles. The molecular formula is C77H61BN6. The molecule has 0 atom stereocenters. The Morgan fingerprint density at radius 3 is 1.29 bits per heavy atom. The number of benzene rings is 11. The molecule has 0 radical (unpaired) electrons. The number of hydrogen-bond acceptors (Lipinski definition) is 5. The monoisotopic (exact) mass is 1080 g/mol. The highest BCUT2D eigenvalue weighted by molar-refractivity contribution is 7.00. The Kier molecular flexibility index (Phi) is 12.0. The molecule has 0 aliphatic carbocycles. The predicted molar refractivity (Wildman–Crippen MR) is 353 cm³/mol. The summed E-state index contributed by atoms with van der Waals surface area (Å²) in [6, 6.07) is 95.1. The van der Waals surface area contributed by atoms with Crippen molar-refractivity contribution >= 4 is 79.0 Å². The molecule has 84 heavy (non-hydrogen) atoms. The summed E-state index contributed by atoms with van der Waals surface area (Å²) >= 11 is 0. The molecule has 13 aromatic rings. The highest BCUT2D eigenvalue weighted by atomic mass is 15.2. The van der Waals surface area contributed by atoms with Gasteiger partial charge in [0.25, 0.3) is 6.71 Å². The third-order valence-corrected chi connectivity index (χ3v) is 17.1. The van der Waals surface area contributed by atoms with Crippen LogP contribution in [0.15, 0.2) is 261 Å². The van der Waals surface area contributed by atoms with Crippen LogP contribution in [0.1, 0.15) is 52.7 Å². The quantitative estimate of drug-likeness (QED) is 0.142. The predicted octanol–water partition coefficient (Wildman–Crippen LogP) is 18.0. The molecule has 15 rings (SSSR count). The molecule has 0 unspecified atom stereocenters. The number of anilines is 6. The lowest BCUT2D eigenvalue weighted by Crippen LogP contribution is -2.61. The second kappa shape index (κ2) is 19.8. The van der Waals surface area contributed by atoms with Gasteiger partial charge >= 0.3 is 0 Å². The zero-order valence-electron chi connectivity index (χ0n) is 48.1. The smallest absolute Gasteiger partial charge is 0.252 e. The third-order valence-electron chi connectivity index (χ3n) is 17.1. The minimum Gasteiger partial charge on any atom is -0.311 e. The maximum Gasteiger partial charge on any atom is 0.252 e. The van der Waals surface area contributed by atoms with E-state index in [2.05, 4.69) is 280 Å².